The van der Waals surface area contributed by atoms with E-state index in [1.807, 2.05) is 122 Å². The highest BCUT2D eigenvalue weighted by molar-refractivity contribution is 7.90. The van der Waals surface area contributed by atoms with Gasteiger partial charge in [0.1, 0.15) is 52.1 Å². The van der Waals surface area contributed by atoms with Crippen molar-refractivity contribution >= 4 is 66.5 Å². The number of allylic oxidation sites excluding steroid dienone is 1. The molecule has 1 aliphatic carbocycles. The highest BCUT2D eigenvalue weighted by Gasteiger charge is 2.34. The number of hydrogen-bond acceptors (Lipinski definition) is 15. The van der Waals surface area contributed by atoms with E-state index in [1.165, 1.54) is 6.07 Å². The standard InChI is InChI=1S/C61H80N12O10S3/c1-8-72(9-2)43-20-23-48-53(32-43)83-54-33-44(73(10-3)11-4)21-24-49(54)57(48)50-25-22-47(35-55(50)86(80,81)82)85(78,79)67-61(77)63-28-16-15-19-51(65-56(74)34-46-39-84-60(62)70(46)7)59(76)66-52(58(75)64-36-41-26-29-68(5)30-27-41)31-45-38-71(40-69(45)6)37-42-17-13-12-14-18-42/h12-14,17-18,20-25,32-33,35,38-41,43,51-52,62H,8-11,15-16,19,26-31,34,36-37H2,1-7H3,(H5-,63,64,65,66,67,74,75,76,77,80,81,82)/t43?,51-,52-/m0/s1. The van der Waals surface area contributed by atoms with E-state index in [2.05, 4.69) is 43.0 Å². The summed E-state index contributed by atoms with van der Waals surface area (Å²) in [5, 5.41) is 21.2. The third-order valence-electron chi connectivity index (χ3n) is 16.2. The molecule has 25 heteroatoms. The second-order valence-electron chi connectivity index (χ2n) is 22.0. The Labute approximate surface area is 508 Å². The fourth-order valence-corrected chi connectivity index (χ4v) is 13.6. The number of likely N-dealkylation sites (N-methyl/N-ethyl adjacent to an activating group) is 1. The Morgan fingerprint density at radius 1 is 0.849 bits per heavy atom. The molecule has 86 heavy (non-hydrogen) atoms. The first kappa shape index (κ1) is 64.6. The summed E-state index contributed by atoms with van der Waals surface area (Å²) in [5.41, 5.74) is 4.58. The first-order valence-electron chi connectivity index (χ1n) is 29.3. The topological polar surface area (TPSA) is 276 Å². The molecule has 22 nitrogen and oxygen atoms in total. The van der Waals surface area contributed by atoms with E-state index in [4.69, 9.17) is 10.1 Å². The Bertz CT molecular complexity index is 3650. The predicted octanol–water partition coefficient (Wildman–Crippen LogP) is 4.42. The lowest BCUT2D eigenvalue weighted by molar-refractivity contribution is -0.688. The van der Waals surface area contributed by atoms with Gasteiger partial charge >= 0.3 is 6.03 Å². The molecule has 1 fully saturated rings. The number of likely N-dealkylation sites (tertiary alicyclic amines) is 1. The molecular weight excluding hydrogens is 1160 g/mol. The van der Waals surface area contributed by atoms with Gasteiger partial charge < -0.3 is 44.9 Å². The molecular formula is C61H80N12O10S3. The van der Waals surface area contributed by atoms with Crippen LogP contribution in [0.2, 0.25) is 0 Å². The van der Waals surface area contributed by atoms with Crippen LogP contribution in [0.4, 0.5) is 10.5 Å². The van der Waals surface area contributed by atoms with Crippen molar-refractivity contribution in [1.82, 2.24) is 44.9 Å². The summed E-state index contributed by atoms with van der Waals surface area (Å²) in [6.45, 7) is 13.8. The van der Waals surface area contributed by atoms with Gasteiger partial charge in [-0.3, -0.25) is 24.7 Å². The molecule has 2 aliphatic heterocycles. The number of thiazole rings is 1. The molecule has 8 rings (SSSR count). The van der Waals surface area contributed by atoms with Crippen LogP contribution in [0.5, 0.6) is 5.75 Å². The maximum atomic E-state index is 14.5. The van der Waals surface area contributed by atoms with E-state index in [0.717, 1.165) is 79.4 Å². The van der Waals surface area contributed by atoms with Crippen molar-refractivity contribution in [3.05, 3.63) is 147 Å². The number of sulfonamides is 1. The van der Waals surface area contributed by atoms with Gasteiger partial charge in [-0.2, -0.15) is 0 Å². The smallest absolute Gasteiger partial charge is 0.328 e. The van der Waals surface area contributed by atoms with Gasteiger partial charge in [0.05, 0.1) is 29.3 Å². The minimum Gasteiger partial charge on any atom is -0.744 e. The molecule has 5 aromatic rings. The fourth-order valence-electron chi connectivity index (χ4n) is 11.1. The minimum atomic E-state index is -5.36. The van der Waals surface area contributed by atoms with Gasteiger partial charge in [-0.05, 0) is 121 Å². The molecule has 3 aromatic carbocycles. The second-order valence-corrected chi connectivity index (χ2v) is 25.9. The van der Waals surface area contributed by atoms with E-state index in [0.29, 0.717) is 60.1 Å². The van der Waals surface area contributed by atoms with Crippen molar-refractivity contribution in [2.45, 2.75) is 107 Å². The lowest BCUT2D eigenvalue weighted by Gasteiger charge is -2.33. The number of benzene rings is 3. The molecule has 0 radical (unpaired) electrons. The summed E-state index contributed by atoms with van der Waals surface area (Å²) in [5.74, 6) is -0.343. The summed E-state index contributed by atoms with van der Waals surface area (Å²) in [4.78, 5) is 61.0. The number of unbranched alkanes of at least 4 members (excludes halogenated alkanes) is 1. The average molecular weight is 1240 g/mol. The number of hydrogen-bond donors (Lipinski definition) is 6. The molecule has 3 aliphatic rings. The average Bonchev–Trinajstić information content (AvgIpc) is 1.17. The van der Waals surface area contributed by atoms with E-state index < -0.39 is 59.9 Å². The summed E-state index contributed by atoms with van der Waals surface area (Å²) >= 11 is 1.16. The van der Waals surface area contributed by atoms with E-state index >= 15 is 0 Å². The molecule has 6 N–H and O–H groups in total. The van der Waals surface area contributed by atoms with Crippen LogP contribution in [0.25, 0.3) is 5.57 Å². The second kappa shape index (κ2) is 28.8. The van der Waals surface area contributed by atoms with Crippen LogP contribution in [-0.2, 0) is 68.0 Å². The number of amides is 5. The number of urea groups is 1. The number of ether oxygens (including phenoxy) is 1. The number of piperidine rings is 1. The molecule has 3 atom stereocenters. The molecule has 462 valence electrons. The largest absolute Gasteiger partial charge is 0.744 e. The van der Waals surface area contributed by atoms with Gasteiger partial charge in [-0.1, -0.05) is 62.4 Å². The first-order valence-corrected chi connectivity index (χ1v) is 33.1. The van der Waals surface area contributed by atoms with Crippen molar-refractivity contribution in [2.75, 3.05) is 64.3 Å². The fraction of sp³-hybridized carbons (Fsp3) is 0.443. The van der Waals surface area contributed by atoms with E-state index in [9.17, 15) is 40.6 Å². The number of imidazole rings is 1. The van der Waals surface area contributed by atoms with E-state index in [-0.39, 0.29) is 66.9 Å². The summed E-state index contributed by atoms with van der Waals surface area (Å²) in [6.07, 6.45) is 11.9. The third-order valence-corrected chi connectivity index (χ3v) is 19.2. The van der Waals surface area contributed by atoms with Crippen molar-refractivity contribution in [2.24, 2.45) is 20.0 Å². The predicted molar refractivity (Wildman–Crippen MR) is 327 cm³/mol. The number of anilines is 1. The zero-order valence-corrected chi connectivity index (χ0v) is 52.4. The Morgan fingerprint density at radius 2 is 1.57 bits per heavy atom. The molecule has 0 saturated carbocycles. The molecule has 1 saturated heterocycles. The number of nitrogens with one attached hydrogen (secondary N) is 6. The van der Waals surface area contributed by atoms with Crippen LogP contribution in [0.15, 0.2) is 124 Å². The van der Waals surface area contributed by atoms with Gasteiger partial charge in [-0.15, -0.1) is 11.3 Å². The number of carbonyl (C=O) groups excluding carboxylic acids is 4. The van der Waals surface area contributed by atoms with Crippen molar-refractivity contribution in [3.63, 3.8) is 0 Å². The Kier molecular flexibility index (Phi) is 21.7. The van der Waals surface area contributed by atoms with Crippen LogP contribution >= 0.6 is 11.3 Å². The van der Waals surface area contributed by atoms with Crippen LogP contribution in [-0.4, -0.2) is 142 Å². The van der Waals surface area contributed by atoms with Crippen LogP contribution in [0.3, 0.4) is 0 Å². The number of nitrogens with zero attached hydrogens (tertiary/aromatic N) is 6. The van der Waals surface area contributed by atoms with Crippen molar-refractivity contribution in [1.29, 1.82) is 5.41 Å². The van der Waals surface area contributed by atoms with Gasteiger partial charge in [0, 0.05) is 84.7 Å². The van der Waals surface area contributed by atoms with Crippen molar-refractivity contribution in [3.8, 4) is 5.75 Å². The molecule has 1 unspecified atom stereocenters. The highest BCUT2D eigenvalue weighted by atomic mass is 32.2. The molecule has 0 spiro atoms. The number of fused-ring (bicyclic) bond motifs is 2. The molecule has 4 heterocycles. The quantitative estimate of drug-likeness (QED) is 0.0242. The van der Waals surface area contributed by atoms with Crippen molar-refractivity contribution < 1.29 is 49.9 Å². The third kappa shape index (κ3) is 16.2. The van der Waals surface area contributed by atoms with Crippen LogP contribution < -0.4 is 45.0 Å². The van der Waals surface area contributed by atoms with Gasteiger partial charge in [0.25, 0.3) is 10.0 Å². The Morgan fingerprint density at radius 3 is 2.24 bits per heavy atom. The maximum Gasteiger partial charge on any atom is 0.328 e. The number of aromatic nitrogens is 3. The zero-order valence-electron chi connectivity index (χ0n) is 49.9. The summed E-state index contributed by atoms with van der Waals surface area (Å²) in [7, 11) is -4.55. The maximum absolute atomic E-state index is 14.5. The minimum absolute atomic E-state index is 0.0499. The van der Waals surface area contributed by atoms with Gasteiger partial charge in [0.15, 0.2) is 4.80 Å². The monoisotopic (exact) mass is 1240 g/mol. The number of rotatable bonds is 27. The lowest BCUT2D eigenvalue weighted by atomic mass is 9.86. The van der Waals surface area contributed by atoms with Gasteiger partial charge in [0.2, 0.25) is 24.0 Å². The number of aryl methyl sites for hydroxylation is 1. The van der Waals surface area contributed by atoms with Gasteiger partial charge in [-0.25, -0.2) is 35.5 Å². The molecule has 2 aromatic heterocycles. The summed E-state index contributed by atoms with van der Waals surface area (Å²) < 4.78 is 81.4. The normalized spacial score (nSPS) is 16.1. The SMILES string of the molecule is CCN(CC)c1ccc2c(c1)OC1=CC(N(CC)CC)C=CC1=C2c1ccc(S(=O)(=O)NC(=O)NCCCC[C@H](NC(=O)Cc2csc(=N)n2C)C(=O)N[C@@H](Cc2c[n+](Cc3ccccc3)cn2C)C(=O)NCC2CCN(C)CC2)cc1S(=O)(=O)[O-]. The van der Waals surface area contributed by atoms with Crippen LogP contribution in [0.1, 0.15) is 87.9 Å². The lowest BCUT2D eigenvalue weighted by Crippen LogP contribution is -2.55. The molecule has 0 bridgehead atoms. The highest BCUT2D eigenvalue weighted by Crippen LogP contribution is 2.46. The van der Waals surface area contributed by atoms with E-state index in [1.54, 1.807) is 23.1 Å². The Balaban J connectivity index is 0.967. The first-order chi connectivity index (χ1) is 41.1. The summed E-state index contributed by atoms with van der Waals surface area (Å²) in [6, 6.07) is 15.1. The zero-order chi connectivity index (χ0) is 61.9. The Hall–Kier alpha value is -7.42. The van der Waals surface area contributed by atoms with Crippen LogP contribution in [0, 0.1) is 11.3 Å². The number of carbonyl (C=O) groups is 4. The molecule has 5 amide bonds.